The summed E-state index contributed by atoms with van der Waals surface area (Å²) in [7, 11) is 3.44. The van der Waals surface area contributed by atoms with Crippen molar-refractivity contribution in [1.82, 2.24) is 9.80 Å². The van der Waals surface area contributed by atoms with Crippen LogP contribution in [0.25, 0.3) is 0 Å². The molecule has 1 aliphatic carbocycles. The number of nitrogens with two attached hydrogens (primary N) is 1. The number of fused-ring (bicyclic) bond motifs is 1. The molecule has 1 fully saturated rings. The van der Waals surface area contributed by atoms with Crippen molar-refractivity contribution in [2.24, 2.45) is 10.7 Å². The molecule has 2 atom stereocenters. The van der Waals surface area contributed by atoms with E-state index in [1.165, 1.54) is 22.4 Å². The molecule has 2 unspecified atom stereocenters. The second kappa shape index (κ2) is 8.52. The number of nitrogens with zero attached hydrogens (tertiary/aromatic N) is 3. The molecule has 33 heavy (non-hydrogen) atoms. The normalized spacial score (nSPS) is 22.7. The molecular weight excluding hydrogens is 412 g/mol. The number of ether oxygens (including phenoxy) is 1. The van der Waals surface area contributed by atoms with Crippen molar-refractivity contribution in [3.05, 3.63) is 95.4 Å². The van der Waals surface area contributed by atoms with Crippen molar-refractivity contribution in [2.75, 3.05) is 20.7 Å². The molecule has 0 radical (unpaired) electrons. The lowest BCUT2D eigenvalue weighted by Gasteiger charge is -2.38. The molecule has 170 valence electrons. The number of benzene rings is 2. The van der Waals surface area contributed by atoms with Crippen LogP contribution in [0.3, 0.4) is 0 Å². The highest BCUT2D eigenvalue weighted by molar-refractivity contribution is 5.97. The molecule has 1 saturated carbocycles. The quantitative estimate of drug-likeness (QED) is 0.733. The van der Waals surface area contributed by atoms with Gasteiger partial charge in [0.15, 0.2) is 6.61 Å². The van der Waals surface area contributed by atoms with Gasteiger partial charge in [0.1, 0.15) is 17.6 Å². The molecule has 2 aliphatic heterocycles. The molecule has 0 bridgehead atoms. The van der Waals surface area contributed by atoms with E-state index in [0.717, 1.165) is 24.2 Å². The van der Waals surface area contributed by atoms with Crippen LogP contribution >= 0.6 is 0 Å². The molecule has 2 aromatic rings. The van der Waals surface area contributed by atoms with Gasteiger partial charge in [-0.2, -0.15) is 0 Å². The Labute approximate surface area is 195 Å². The van der Waals surface area contributed by atoms with Crippen molar-refractivity contribution in [2.45, 2.75) is 36.9 Å². The third-order valence-corrected chi connectivity index (χ3v) is 6.88. The zero-order valence-electron chi connectivity index (χ0n) is 19.1. The summed E-state index contributed by atoms with van der Waals surface area (Å²) in [5.41, 5.74) is 9.93. The Hall–Kier alpha value is -3.38. The van der Waals surface area contributed by atoms with Crippen molar-refractivity contribution >= 4 is 11.7 Å². The molecule has 0 saturated heterocycles. The summed E-state index contributed by atoms with van der Waals surface area (Å²) in [6.45, 7) is 0.00426. The van der Waals surface area contributed by atoms with E-state index in [9.17, 15) is 4.79 Å². The number of rotatable bonds is 6. The van der Waals surface area contributed by atoms with E-state index in [4.69, 9.17) is 15.5 Å². The molecule has 0 spiro atoms. The third kappa shape index (κ3) is 4.07. The average molecular weight is 443 g/mol. The number of allylic oxidation sites excluding steroid dienone is 1. The van der Waals surface area contributed by atoms with Crippen LogP contribution in [0.4, 0.5) is 0 Å². The van der Waals surface area contributed by atoms with Gasteiger partial charge in [-0.25, -0.2) is 0 Å². The first-order valence-electron chi connectivity index (χ1n) is 11.5. The van der Waals surface area contributed by atoms with Gasteiger partial charge in [-0.15, -0.1) is 0 Å². The largest absolute Gasteiger partial charge is 0.484 e. The Morgan fingerprint density at radius 2 is 1.85 bits per heavy atom. The molecule has 0 aromatic heterocycles. The number of amidine groups is 1. The Morgan fingerprint density at radius 1 is 1.12 bits per heavy atom. The topological polar surface area (TPSA) is 71.2 Å². The van der Waals surface area contributed by atoms with Crippen LogP contribution in [0, 0.1) is 0 Å². The Morgan fingerprint density at radius 3 is 2.48 bits per heavy atom. The number of carbonyl (C=O) groups is 1. The van der Waals surface area contributed by atoms with E-state index in [-0.39, 0.29) is 30.1 Å². The van der Waals surface area contributed by atoms with Crippen LogP contribution in [0.5, 0.6) is 0 Å². The summed E-state index contributed by atoms with van der Waals surface area (Å²) >= 11 is 0. The monoisotopic (exact) mass is 442 g/mol. The molecule has 5 rings (SSSR count). The Bertz CT molecular complexity index is 1110. The first-order chi connectivity index (χ1) is 15.9. The van der Waals surface area contributed by atoms with Crippen molar-refractivity contribution < 1.29 is 9.53 Å². The number of amides is 1. The minimum atomic E-state index is -0.169. The van der Waals surface area contributed by atoms with Crippen LogP contribution in [-0.2, 0) is 15.1 Å². The van der Waals surface area contributed by atoms with Crippen LogP contribution < -0.4 is 5.73 Å². The van der Waals surface area contributed by atoms with Crippen molar-refractivity contribution in [1.29, 1.82) is 0 Å². The molecule has 2 N–H and O–H groups in total. The van der Waals surface area contributed by atoms with Crippen molar-refractivity contribution in [3.8, 4) is 0 Å². The standard InChI is InChI=1S/C27H30N4O2/c1-30(2)24(32)18-33-22-13-16-31-23(17-22)29-25(26(31)20-7-4-3-5-8-20)19-9-11-21(12-10-19)27(28)14-6-15-27/h3-5,7-13,16-17,25-26H,6,14-15,18,28H2,1-2H3. The first kappa shape index (κ1) is 21.5. The fraction of sp³-hybridized carbons (Fsp3) is 0.333. The van der Waals surface area contributed by atoms with E-state index in [0.29, 0.717) is 5.76 Å². The van der Waals surface area contributed by atoms with Crippen LogP contribution in [0.2, 0.25) is 0 Å². The average Bonchev–Trinajstić information content (AvgIpc) is 3.20. The number of hydrogen-bond donors (Lipinski definition) is 1. The van der Waals surface area contributed by atoms with Gasteiger partial charge >= 0.3 is 0 Å². The summed E-state index contributed by atoms with van der Waals surface area (Å²) in [6.07, 6.45) is 9.11. The van der Waals surface area contributed by atoms with Gasteiger partial charge in [0.25, 0.3) is 5.91 Å². The lowest BCUT2D eigenvalue weighted by atomic mass is 9.72. The number of carbonyl (C=O) groups excluding carboxylic acids is 1. The lowest BCUT2D eigenvalue weighted by Crippen LogP contribution is -2.43. The summed E-state index contributed by atoms with van der Waals surface area (Å²) < 4.78 is 5.73. The first-order valence-corrected chi connectivity index (χ1v) is 11.5. The second-order valence-electron chi connectivity index (χ2n) is 9.27. The molecule has 6 nitrogen and oxygen atoms in total. The van der Waals surface area contributed by atoms with Gasteiger partial charge in [0.05, 0.1) is 6.04 Å². The Balaban J connectivity index is 1.44. The summed E-state index contributed by atoms with van der Waals surface area (Å²) in [5.74, 6) is 1.39. The van der Waals surface area contributed by atoms with Crippen LogP contribution in [-0.4, -0.2) is 42.2 Å². The maximum atomic E-state index is 11.9. The van der Waals surface area contributed by atoms with Gasteiger partial charge in [-0.1, -0.05) is 54.6 Å². The van der Waals surface area contributed by atoms with Gasteiger partial charge < -0.3 is 20.3 Å². The van der Waals surface area contributed by atoms with Gasteiger partial charge in [0.2, 0.25) is 0 Å². The zero-order chi connectivity index (χ0) is 23.0. The summed E-state index contributed by atoms with van der Waals surface area (Å²) in [4.78, 5) is 20.7. The zero-order valence-corrected chi connectivity index (χ0v) is 19.1. The van der Waals surface area contributed by atoms with Crippen molar-refractivity contribution in [3.63, 3.8) is 0 Å². The molecule has 1 amide bonds. The predicted octanol–water partition coefficient (Wildman–Crippen LogP) is 4.04. The highest BCUT2D eigenvalue weighted by atomic mass is 16.5. The van der Waals surface area contributed by atoms with Gasteiger partial charge in [0, 0.05) is 31.9 Å². The molecule has 3 aliphatic rings. The van der Waals surface area contributed by atoms with E-state index < -0.39 is 0 Å². The second-order valence-corrected chi connectivity index (χ2v) is 9.27. The van der Waals surface area contributed by atoms with E-state index in [1.54, 1.807) is 14.1 Å². The minimum Gasteiger partial charge on any atom is -0.484 e. The van der Waals surface area contributed by atoms with E-state index in [2.05, 4.69) is 53.4 Å². The molecule has 2 heterocycles. The number of likely N-dealkylation sites (N-methyl/N-ethyl adjacent to an activating group) is 1. The van der Waals surface area contributed by atoms with Crippen LogP contribution in [0.15, 0.2) is 83.7 Å². The van der Waals surface area contributed by atoms with Gasteiger partial charge in [-0.3, -0.25) is 9.79 Å². The number of aliphatic imine (C=N–C) groups is 1. The maximum absolute atomic E-state index is 11.9. The van der Waals surface area contributed by atoms with E-state index in [1.807, 2.05) is 24.4 Å². The summed E-state index contributed by atoms with van der Waals surface area (Å²) in [6, 6.07) is 19.1. The van der Waals surface area contributed by atoms with E-state index >= 15 is 0 Å². The maximum Gasteiger partial charge on any atom is 0.259 e. The SMILES string of the molecule is CN(C)C(=O)COC1=CC2=NC(c3ccc(C4(N)CCC4)cc3)C(c3ccccc3)N2C=C1. The minimum absolute atomic E-state index is 0.00426. The number of hydrogen-bond acceptors (Lipinski definition) is 5. The lowest BCUT2D eigenvalue weighted by molar-refractivity contribution is -0.132. The highest BCUT2D eigenvalue weighted by Crippen LogP contribution is 2.45. The van der Waals surface area contributed by atoms with Crippen LogP contribution in [0.1, 0.15) is 48.0 Å². The predicted molar refractivity (Wildman–Crippen MR) is 129 cm³/mol. The third-order valence-electron chi connectivity index (χ3n) is 6.88. The highest BCUT2D eigenvalue weighted by Gasteiger charge is 2.39. The fourth-order valence-corrected chi connectivity index (χ4v) is 4.66. The Kier molecular flexibility index (Phi) is 5.54. The molecular formula is C27H30N4O2. The molecule has 6 heteroatoms. The summed E-state index contributed by atoms with van der Waals surface area (Å²) in [5, 5.41) is 0. The molecule has 2 aromatic carbocycles. The fourth-order valence-electron chi connectivity index (χ4n) is 4.66. The smallest absolute Gasteiger partial charge is 0.259 e. The van der Waals surface area contributed by atoms with Gasteiger partial charge in [-0.05, 0) is 42.0 Å².